The maximum Gasteiger partial charge on any atom is 0.422 e. The van der Waals surface area contributed by atoms with Gasteiger partial charge in [-0.1, -0.05) is 16.5 Å². The van der Waals surface area contributed by atoms with Gasteiger partial charge in [-0.05, 0) is 32.6 Å². The molecule has 34 heavy (non-hydrogen) atoms. The number of hydrogen-bond acceptors (Lipinski definition) is 8. The molecule has 188 valence electrons. The van der Waals surface area contributed by atoms with E-state index in [0.717, 1.165) is 61.6 Å². The minimum atomic E-state index is -4.36. The van der Waals surface area contributed by atoms with Crippen LogP contribution in [0.4, 0.5) is 13.2 Å². The highest BCUT2D eigenvalue weighted by molar-refractivity contribution is 7.13. The lowest BCUT2D eigenvalue weighted by Crippen LogP contribution is -2.44. The first-order valence-electron chi connectivity index (χ1n) is 11.5. The molecule has 12 heteroatoms. The fourth-order valence-corrected chi connectivity index (χ4v) is 5.17. The minimum absolute atomic E-state index is 0.00165. The van der Waals surface area contributed by atoms with Gasteiger partial charge in [0.05, 0.1) is 36.6 Å². The quantitative estimate of drug-likeness (QED) is 0.593. The normalized spacial score (nSPS) is 21.6. The lowest BCUT2D eigenvalue weighted by Gasteiger charge is -2.31. The average molecular weight is 503 g/mol. The van der Waals surface area contributed by atoms with Crippen LogP contribution in [0.25, 0.3) is 0 Å². The molecule has 0 saturated carbocycles. The summed E-state index contributed by atoms with van der Waals surface area (Å²) in [5.74, 6) is 0.456. The summed E-state index contributed by atoms with van der Waals surface area (Å²) in [5, 5.41) is 6.89. The number of ether oxygens (including phenoxy) is 2. The number of halogens is 3. The van der Waals surface area contributed by atoms with Crippen molar-refractivity contribution in [1.82, 2.24) is 20.4 Å². The summed E-state index contributed by atoms with van der Waals surface area (Å²) in [6, 6.07) is 1.76. The zero-order chi connectivity index (χ0) is 24.1. The number of hydrogen-bond donors (Lipinski definition) is 1. The van der Waals surface area contributed by atoms with Gasteiger partial charge in [-0.15, -0.1) is 0 Å². The SMILES string of the molecule is Cc1cc(CC(=O)N[C@H]2CC[C@H](CCN3CCc4nc(OCC(F)(F)F)sc4CC3)OC2)on1. The number of alkyl halides is 3. The van der Waals surface area contributed by atoms with Crippen LogP contribution < -0.4 is 10.1 Å². The summed E-state index contributed by atoms with van der Waals surface area (Å²) >= 11 is 1.22. The zero-order valence-electron chi connectivity index (χ0n) is 19.0. The highest BCUT2D eigenvalue weighted by Crippen LogP contribution is 2.29. The predicted molar refractivity (Wildman–Crippen MR) is 118 cm³/mol. The first-order valence-corrected chi connectivity index (χ1v) is 12.3. The number of nitrogens with zero attached hydrogens (tertiary/aromatic N) is 3. The van der Waals surface area contributed by atoms with E-state index < -0.39 is 12.8 Å². The number of carbonyl (C=O) groups excluding carboxylic acids is 1. The van der Waals surface area contributed by atoms with Crippen molar-refractivity contribution in [1.29, 1.82) is 0 Å². The largest absolute Gasteiger partial charge is 0.460 e. The van der Waals surface area contributed by atoms with E-state index in [1.807, 2.05) is 6.92 Å². The van der Waals surface area contributed by atoms with Gasteiger partial charge in [0.2, 0.25) is 5.91 Å². The van der Waals surface area contributed by atoms with Crippen molar-refractivity contribution in [3.63, 3.8) is 0 Å². The highest BCUT2D eigenvalue weighted by Gasteiger charge is 2.30. The molecule has 4 rings (SSSR count). The minimum Gasteiger partial charge on any atom is -0.460 e. The predicted octanol–water partition coefficient (Wildman–Crippen LogP) is 3.08. The lowest BCUT2D eigenvalue weighted by atomic mass is 10.0. The first-order chi connectivity index (χ1) is 16.2. The molecular weight excluding hydrogens is 473 g/mol. The van der Waals surface area contributed by atoms with Crippen LogP contribution in [0.15, 0.2) is 10.6 Å². The molecule has 8 nitrogen and oxygen atoms in total. The molecule has 0 aliphatic carbocycles. The Morgan fingerprint density at radius 2 is 2.15 bits per heavy atom. The molecule has 2 atom stereocenters. The number of aryl methyl sites for hydroxylation is 1. The molecule has 1 N–H and O–H groups in total. The molecular formula is C22H29F3N4O4S. The van der Waals surface area contributed by atoms with Gasteiger partial charge in [-0.25, -0.2) is 4.98 Å². The molecule has 2 aliphatic rings. The van der Waals surface area contributed by atoms with Crippen molar-refractivity contribution in [2.45, 2.75) is 63.8 Å². The number of aromatic nitrogens is 2. The highest BCUT2D eigenvalue weighted by atomic mass is 32.1. The van der Waals surface area contributed by atoms with Crippen LogP contribution in [0, 0.1) is 6.92 Å². The van der Waals surface area contributed by atoms with E-state index in [2.05, 4.69) is 20.4 Å². The third-order valence-corrected chi connectivity index (χ3v) is 7.02. The Balaban J connectivity index is 1.13. The van der Waals surface area contributed by atoms with Gasteiger partial charge in [0.1, 0.15) is 5.76 Å². The van der Waals surface area contributed by atoms with E-state index in [0.29, 0.717) is 18.8 Å². The van der Waals surface area contributed by atoms with Crippen molar-refractivity contribution in [2.75, 3.05) is 32.8 Å². The maximum atomic E-state index is 12.3. The maximum absolute atomic E-state index is 12.3. The van der Waals surface area contributed by atoms with Crippen molar-refractivity contribution in [3.8, 4) is 5.19 Å². The Bertz CT molecular complexity index is 931. The van der Waals surface area contributed by atoms with Crippen LogP contribution in [-0.4, -0.2) is 72.1 Å². The summed E-state index contributed by atoms with van der Waals surface area (Å²) in [4.78, 5) is 19.8. The molecule has 2 aromatic heterocycles. The monoisotopic (exact) mass is 502 g/mol. The van der Waals surface area contributed by atoms with Gasteiger partial charge < -0.3 is 24.2 Å². The molecule has 0 spiro atoms. The Morgan fingerprint density at radius 3 is 2.85 bits per heavy atom. The summed E-state index contributed by atoms with van der Waals surface area (Å²) in [7, 11) is 0. The van der Waals surface area contributed by atoms with Crippen LogP contribution in [0.2, 0.25) is 0 Å². The van der Waals surface area contributed by atoms with Crippen molar-refractivity contribution in [3.05, 3.63) is 28.1 Å². The van der Waals surface area contributed by atoms with Crippen molar-refractivity contribution >= 4 is 17.2 Å². The van der Waals surface area contributed by atoms with Gasteiger partial charge in [-0.2, -0.15) is 13.2 Å². The van der Waals surface area contributed by atoms with Crippen LogP contribution in [0.3, 0.4) is 0 Å². The summed E-state index contributed by atoms with van der Waals surface area (Å²) in [6.45, 7) is 3.53. The summed E-state index contributed by atoms with van der Waals surface area (Å²) in [5.41, 5.74) is 1.60. The van der Waals surface area contributed by atoms with Crippen LogP contribution in [0.5, 0.6) is 5.19 Å². The number of amides is 1. The van der Waals surface area contributed by atoms with Gasteiger partial charge >= 0.3 is 6.18 Å². The third-order valence-electron chi connectivity index (χ3n) is 5.95. The second-order valence-corrected chi connectivity index (χ2v) is 9.84. The number of rotatable bonds is 8. The standard InChI is InChI=1S/C22H29F3N4O4S/c1-14-10-17(33-28-14)11-20(30)26-15-2-3-16(31-12-15)4-7-29-8-5-18-19(6-9-29)34-21(27-18)32-13-22(23,24)25/h10,15-16H,2-9,11-13H2,1H3,(H,26,30)/t15-,16+/m0/s1. The summed E-state index contributed by atoms with van der Waals surface area (Å²) < 4.78 is 52.9. The molecule has 2 aliphatic heterocycles. The van der Waals surface area contributed by atoms with E-state index in [-0.39, 0.29) is 29.7 Å². The van der Waals surface area contributed by atoms with E-state index in [1.165, 1.54) is 11.3 Å². The van der Waals surface area contributed by atoms with E-state index in [9.17, 15) is 18.0 Å². The van der Waals surface area contributed by atoms with Crippen molar-refractivity contribution < 1.29 is 32.0 Å². The Hall–Kier alpha value is -2.18. The number of fused-ring (bicyclic) bond motifs is 1. The molecule has 0 bridgehead atoms. The molecule has 1 saturated heterocycles. The van der Waals surface area contributed by atoms with Crippen LogP contribution in [-0.2, 0) is 28.8 Å². The van der Waals surface area contributed by atoms with E-state index in [1.54, 1.807) is 6.07 Å². The van der Waals surface area contributed by atoms with Crippen molar-refractivity contribution in [2.24, 2.45) is 0 Å². The molecule has 0 unspecified atom stereocenters. The van der Waals surface area contributed by atoms with E-state index in [4.69, 9.17) is 14.0 Å². The average Bonchev–Trinajstić information content (AvgIpc) is 3.32. The number of nitrogens with one attached hydrogen (secondary N) is 1. The Morgan fingerprint density at radius 1 is 1.32 bits per heavy atom. The molecule has 0 radical (unpaired) electrons. The Labute approximate surface area is 199 Å². The van der Waals surface area contributed by atoms with Gasteiger partial charge in [0.15, 0.2) is 6.61 Å². The van der Waals surface area contributed by atoms with Crippen LogP contribution >= 0.6 is 11.3 Å². The fourth-order valence-electron chi connectivity index (χ4n) is 4.23. The lowest BCUT2D eigenvalue weighted by molar-refractivity contribution is -0.153. The smallest absolute Gasteiger partial charge is 0.422 e. The zero-order valence-corrected chi connectivity index (χ0v) is 19.8. The Kier molecular flexibility index (Phi) is 8.10. The second kappa shape index (κ2) is 11.0. The molecule has 0 aromatic carbocycles. The van der Waals surface area contributed by atoms with Crippen LogP contribution in [0.1, 0.15) is 41.3 Å². The fraction of sp³-hybridized carbons (Fsp3) is 0.682. The topological polar surface area (TPSA) is 89.7 Å². The van der Waals surface area contributed by atoms with Gasteiger partial charge in [-0.3, -0.25) is 4.79 Å². The van der Waals surface area contributed by atoms with Gasteiger partial charge in [0, 0.05) is 37.0 Å². The molecule has 1 fully saturated rings. The van der Waals surface area contributed by atoms with E-state index >= 15 is 0 Å². The molecule has 4 heterocycles. The summed E-state index contributed by atoms with van der Waals surface area (Å²) in [6.07, 6.45) is 0.0816. The molecule has 1 amide bonds. The van der Waals surface area contributed by atoms with Gasteiger partial charge in [0.25, 0.3) is 5.19 Å². The number of thiazole rings is 1. The number of carbonyl (C=O) groups is 1. The second-order valence-electron chi connectivity index (χ2n) is 8.79. The first kappa shape index (κ1) is 24.9. The molecule has 2 aromatic rings. The third kappa shape index (κ3) is 7.41.